The zero-order valence-corrected chi connectivity index (χ0v) is 48.7. The number of aryl methyl sites for hydroxylation is 2. The molecule has 2 aliphatic carbocycles. The molecule has 2 spiro atoms. The third-order valence-corrected chi connectivity index (χ3v) is 17.2. The number of Topliss-reactive ketones (excluding diaryl/α,β-unsaturated/α-hetero) is 2. The van der Waals surface area contributed by atoms with E-state index in [0.717, 1.165) is 166 Å². The number of likely N-dealkylation sites (tertiary alicyclic amines) is 2. The highest BCUT2D eigenvalue weighted by Crippen LogP contribution is 2.44. The molecule has 5 saturated heterocycles. The van der Waals surface area contributed by atoms with Crippen LogP contribution in [0.3, 0.4) is 0 Å². The minimum atomic E-state index is -0.579. The average Bonchev–Trinajstić information content (AvgIpc) is 3.56. The van der Waals surface area contributed by atoms with Gasteiger partial charge in [-0.2, -0.15) is 0 Å². The molecule has 13 rings (SSSR count). The minimum Gasteiger partial charge on any atom is -0.492 e. The van der Waals surface area contributed by atoms with Gasteiger partial charge in [-0.25, -0.2) is 24.7 Å². The summed E-state index contributed by atoms with van der Waals surface area (Å²) in [5.74, 6) is 2.69. The topological polar surface area (TPSA) is 236 Å². The number of hydrogen-bond donors (Lipinski definition) is 3. The van der Waals surface area contributed by atoms with E-state index >= 15 is 0 Å². The van der Waals surface area contributed by atoms with Gasteiger partial charge in [-0.15, -0.1) is 0 Å². The van der Waals surface area contributed by atoms with Crippen molar-refractivity contribution < 1.29 is 47.7 Å². The number of likely N-dealkylation sites (N-methyl/N-ethyl adjacent to an activating group) is 1. The third kappa shape index (κ3) is 12.6. The van der Waals surface area contributed by atoms with Gasteiger partial charge in [-0.05, 0) is 119 Å². The van der Waals surface area contributed by atoms with Crippen molar-refractivity contribution >= 4 is 45.4 Å². The fourth-order valence-corrected chi connectivity index (χ4v) is 12.3. The van der Waals surface area contributed by atoms with E-state index in [1.165, 1.54) is 4.90 Å². The van der Waals surface area contributed by atoms with Crippen LogP contribution in [-0.2, 0) is 48.5 Å². The van der Waals surface area contributed by atoms with Gasteiger partial charge in [0.25, 0.3) is 5.91 Å². The number of carbonyl (C=O) groups excluding carboxylic acids is 5. The summed E-state index contributed by atoms with van der Waals surface area (Å²) in [7, 11) is 2.12. The van der Waals surface area contributed by atoms with Crippen molar-refractivity contribution in [2.45, 2.75) is 68.7 Å². The van der Waals surface area contributed by atoms with Crippen LogP contribution < -0.4 is 20.1 Å². The summed E-state index contributed by atoms with van der Waals surface area (Å²) in [6.07, 6.45) is 6.52. The third-order valence-electron chi connectivity index (χ3n) is 16.3. The standard InChI is InChI=1S/C28H32N6O3.C20H22BrN3O3.C12H18N2O4/c1-33-16-28(17-33)15-30-27(35)22-21-7-4-19-14-29-26(32-23(19)24(21)31-25(22)28)18-2-5-20(6-3-18)37-13-10-34-8-11-36-12-9-34;21-17-6-3-15-13-22-20(23-18(15)19(17)25)14-1-4-16(5-2-14)27-12-9-24-7-10-26-11-8-24;1-11(2,3)18-10(17)14-6-12(7-14)5-13-9(16)4-8(12)15/h2-3,5-6,14,31H,4,7-13,15-17H2,1H3,(H,30,35);1-2,4-5,13,17H,3,6-12H2;4-7H2,1-3H3,(H,13,16). The number of piperidine rings is 1. The second kappa shape index (κ2) is 24.3. The summed E-state index contributed by atoms with van der Waals surface area (Å²) in [5.41, 5.74) is 8.22. The summed E-state index contributed by atoms with van der Waals surface area (Å²) in [4.78, 5) is 90.6. The molecule has 5 fully saturated rings. The van der Waals surface area contributed by atoms with Crippen molar-refractivity contribution in [1.29, 1.82) is 0 Å². The lowest BCUT2D eigenvalue weighted by Crippen LogP contribution is -2.68. The Morgan fingerprint density at radius 2 is 1.27 bits per heavy atom. The molecule has 1 atom stereocenters. The first-order chi connectivity index (χ1) is 39.5. The van der Waals surface area contributed by atoms with Gasteiger partial charge >= 0.3 is 6.09 Å². The summed E-state index contributed by atoms with van der Waals surface area (Å²) in [5, 5.41) is 5.82. The summed E-state index contributed by atoms with van der Waals surface area (Å²) < 4.78 is 27.8. The SMILES string of the molecule is CC(C)(C)OC(=O)N1CC2(CNC(=O)CC2=O)C1.CN1CC2(CNC(=O)c3c2[nH]c2c3CCc3cnc(-c4ccc(OCCN5CCOCC5)cc4)nc3-2)C1.O=C1c2nc(-c3ccc(OCCN4CCOCC4)cc3)ncc2CCC1Br. The van der Waals surface area contributed by atoms with Crippen LogP contribution in [0.5, 0.6) is 11.5 Å². The van der Waals surface area contributed by atoms with Crippen LogP contribution in [0.15, 0.2) is 60.9 Å². The molecule has 6 aliphatic heterocycles. The Morgan fingerprint density at radius 3 is 1.82 bits per heavy atom. The highest BCUT2D eigenvalue weighted by Gasteiger charge is 2.54. The molecular formula is C60H72BrN11O10. The maximum absolute atomic E-state index is 12.9. The van der Waals surface area contributed by atoms with Crippen molar-refractivity contribution in [3.8, 4) is 45.7 Å². The Kier molecular flexibility index (Phi) is 16.9. The maximum Gasteiger partial charge on any atom is 0.410 e. The largest absolute Gasteiger partial charge is 0.492 e. The van der Waals surface area contributed by atoms with Crippen molar-refractivity contribution in [1.82, 2.24) is 55.2 Å². The van der Waals surface area contributed by atoms with Crippen LogP contribution in [0.2, 0.25) is 0 Å². The lowest BCUT2D eigenvalue weighted by molar-refractivity contribution is -0.146. The van der Waals surface area contributed by atoms with Gasteiger partial charge in [0.15, 0.2) is 23.2 Å². The van der Waals surface area contributed by atoms with Crippen LogP contribution in [0.4, 0.5) is 4.79 Å². The van der Waals surface area contributed by atoms with Crippen molar-refractivity contribution in [2.24, 2.45) is 5.41 Å². The zero-order valence-electron chi connectivity index (χ0n) is 47.2. The first-order valence-corrected chi connectivity index (χ1v) is 29.4. The van der Waals surface area contributed by atoms with E-state index in [1.807, 2.05) is 54.7 Å². The van der Waals surface area contributed by atoms with E-state index in [-0.39, 0.29) is 40.0 Å². The Hall–Kier alpha value is -6.69. The number of alkyl halides is 1. The number of carbonyl (C=O) groups is 5. The summed E-state index contributed by atoms with van der Waals surface area (Å²) >= 11 is 3.43. The Bertz CT molecular complexity index is 3180. The van der Waals surface area contributed by atoms with Gasteiger partial charge in [-0.1, -0.05) is 15.9 Å². The van der Waals surface area contributed by atoms with Gasteiger partial charge in [0.05, 0.1) is 65.5 Å². The highest BCUT2D eigenvalue weighted by molar-refractivity contribution is 9.10. The first-order valence-electron chi connectivity index (χ1n) is 28.5. The number of nitrogens with one attached hydrogen (secondary N) is 3. The molecule has 1 unspecified atom stereocenters. The van der Waals surface area contributed by atoms with Crippen LogP contribution in [-0.4, -0.2) is 210 Å². The number of morpholine rings is 2. The molecule has 3 amide bonds. The van der Waals surface area contributed by atoms with E-state index in [9.17, 15) is 24.0 Å². The second-order valence-electron chi connectivity index (χ2n) is 23.5. The fraction of sp³-hybridized carbons (Fsp3) is 0.517. The number of hydrogen-bond acceptors (Lipinski definition) is 17. The number of fused-ring (bicyclic) bond motifs is 7. The van der Waals surface area contributed by atoms with Gasteiger partial charge in [0, 0.05) is 108 Å². The molecule has 3 N–H and O–H groups in total. The van der Waals surface area contributed by atoms with E-state index in [0.29, 0.717) is 56.7 Å². The van der Waals surface area contributed by atoms with Gasteiger partial charge in [0.2, 0.25) is 5.91 Å². The van der Waals surface area contributed by atoms with E-state index < -0.39 is 17.1 Å². The molecule has 8 aliphatic rings. The number of rotatable bonds is 10. The van der Waals surface area contributed by atoms with Gasteiger partial charge in [0.1, 0.15) is 36.0 Å². The van der Waals surface area contributed by atoms with E-state index in [4.69, 9.17) is 28.7 Å². The monoisotopic (exact) mass is 1190 g/mol. The molecule has 0 bridgehead atoms. The normalized spacial score (nSPS) is 20.9. The molecule has 434 valence electrons. The Balaban J connectivity index is 0.000000138. The lowest BCUT2D eigenvalue weighted by Gasteiger charge is -2.50. The number of aromatic nitrogens is 5. The van der Waals surface area contributed by atoms with Crippen LogP contribution in [0.1, 0.15) is 76.8 Å². The molecule has 3 aromatic heterocycles. The van der Waals surface area contributed by atoms with Gasteiger partial charge in [-0.3, -0.25) is 29.0 Å². The minimum absolute atomic E-state index is 0.0248. The van der Waals surface area contributed by atoms with Crippen LogP contribution >= 0.6 is 15.9 Å². The Labute approximate surface area is 485 Å². The number of benzene rings is 2. The lowest BCUT2D eigenvalue weighted by atomic mass is 9.73. The highest BCUT2D eigenvalue weighted by atomic mass is 79.9. The number of nitrogens with zero attached hydrogens (tertiary/aromatic N) is 8. The smallest absolute Gasteiger partial charge is 0.410 e. The second-order valence-corrected chi connectivity index (χ2v) is 24.6. The summed E-state index contributed by atoms with van der Waals surface area (Å²) in [6, 6.07) is 15.7. The maximum atomic E-state index is 12.9. The van der Waals surface area contributed by atoms with E-state index in [1.54, 1.807) is 27.0 Å². The Morgan fingerprint density at radius 1 is 0.720 bits per heavy atom. The number of amides is 3. The molecule has 21 nitrogen and oxygen atoms in total. The number of halogens is 1. The molecule has 2 aromatic carbocycles. The van der Waals surface area contributed by atoms with Crippen LogP contribution in [0.25, 0.3) is 34.2 Å². The predicted molar refractivity (Wildman–Crippen MR) is 307 cm³/mol. The molecule has 9 heterocycles. The van der Waals surface area contributed by atoms with Crippen LogP contribution in [0, 0.1) is 5.41 Å². The van der Waals surface area contributed by atoms with Gasteiger partial charge < -0.3 is 49.1 Å². The van der Waals surface area contributed by atoms with Crippen molar-refractivity contribution in [3.05, 3.63) is 94.6 Å². The van der Waals surface area contributed by atoms with E-state index in [2.05, 4.69) is 68.2 Å². The average molecular weight is 1190 g/mol. The molecule has 0 radical (unpaired) electrons. The molecule has 22 heteroatoms. The number of ketones is 2. The molecule has 82 heavy (non-hydrogen) atoms. The molecular weight excluding hydrogens is 1110 g/mol. The zero-order chi connectivity index (χ0) is 57.2. The first kappa shape index (κ1) is 57.1. The molecule has 0 saturated carbocycles. The number of aromatic amines is 1. The summed E-state index contributed by atoms with van der Waals surface area (Å²) in [6.45, 7) is 19.1. The quantitative estimate of drug-likeness (QED) is 0.124. The number of ether oxygens (including phenoxy) is 5. The number of H-pyrrole nitrogens is 1. The predicted octanol–water partition coefficient (Wildman–Crippen LogP) is 4.93. The molecule has 5 aromatic rings. The fourth-order valence-electron chi connectivity index (χ4n) is 11.9. The van der Waals surface area contributed by atoms with Crippen molar-refractivity contribution in [3.63, 3.8) is 0 Å². The van der Waals surface area contributed by atoms with Crippen molar-refractivity contribution in [2.75, 3.05) is 125 Å².